The predicted octanol–water partition coefficient (Wildman–Crippen LogP) is 2.76. The normalized spacial score (nSPS) is 23.2. The number of benzene rings is 1. The number of para-hydroxylation sites is 1. The summed E-state index contributed by atoms with van der Waals surface area (Å²) in [5.74, 6) is -0.466. The molecule has 2 aromatic rings. The van der Waals surface area contributed by atoms with Gasteiger partial charge in [-0.15, -0.1) is 0 Å². The van der Waals surface area contributed by atoms with Crippen molar-refractivity contribution in [3.63, 3.8) is 0 Å². The fourth-order valence-electron chi connectivity index (χ4n) is 5.27. The van der Waals surface area contributed by atoms with Crippen molar-refractivity contribution in [1.82, 2.24) is 21.1 Å². The number of furan rings is 1. The monoisotopic (exact) mass is 482 g/mol. The first-order chi connectivity index (χ1) is 16.6. The van der Waals surface area contributed by atoms with Crippen LogP contribution in [-0.4, -0.2) is 40.7 Å². The fraction of sp³-hybridized carbons (Fsp3) is 0.440. The minimum absolute atomic E-state index is 0.0238. The van der Waals surface area contributed by atoms with Crippen molar-refractivity contribution in [3.8, 4) is 5.75 Å². The molecule has 0 radical (unpaired) electrons. The molecule has 186 valence electrons. The maximum atomic E-state index is 13.1. The summed E-state index contributed by atoms with van der Waals surface area (Å²) in [4.78, 5) is 51.3. The largest absolute Gasteiger partial charge is 0.486 e. The van der Waals surface area contributed by atoms with Crippen molar-refractivity contribution in [1.29, 1.82) is 0 Å². The number of rotatable bonds is 6. The summed E-state index contributed by atoms with van der Waals surface area (Å²) in [7, 11) is 0. The zero-order valence-corrected chi connectivity index (χ0v) is 20.1. The Morgan fingerprint density at radius 3 is 2.57 bits per heavy atom. The highest BCUT2D eigenvalue weighted by Gasteiger charge is 2.56. The van der Waals surface area contributed by atoms with Crippen LogP contribution in [0.1, 0.15) is 56.3 Å². The summed E-state index contributed by atoms with van der Waals surface area (Å²) >= 11 is 0. The molecule has 35 heavy (non-hydrogen) atoms. The summed E-state index contributed by atoms with van der Waals surface area (Å²) in [5.41, 5.74) is 3.36. The number of nitrogens with zero attached hydrogens (tertiary/aromatic N) is 1. The molecule has 3 N–H and O–H groups in total. The quantitative estimate of drug-likeness (QED) is 0.429. The van der Waals surface area contributed by atoms with Crippen LogP contribution >= 0.6 is 0 Å². The van der Waals surface area contributed by atoms with Gasteiger partial charge in [-0.3, -0.25) is 30.1 Å². The molecule has 2 unspecified atom stereocenters. The van der Waals surface area contributed by atoms with Crippen LogP contribution in [0.5, 0.6) is 5.75 Å². The molecular formula is C25H30N4O6. The Morgan fingerprint density at radius 1 is 1.11 bits per heavy atom. The van der Waals surface area contributed by atoms with Crippen LogP contribution < -0.4 is 20.9 Å². The molecule has 2 atom stereocenters. The number of hydrogen-bond donors (Lipinski definition) is 3. The second kappa shape index (κ2) is 9.44. The molecule has 2 heterocycles. The Hall–Kier alpha value is -3.82. The van der Waals surface area contributed by atoms with E-state index in [1.165, 1.54) is 6.07 Å². The van der Waals surface area contributed by atoms with Gasteiger partial charge < -0.3 is 14.5 Å². The summed E-state index contributed by atoms with van der Waals surface area (Å²) < 4.78 is 11.0. The molecule has 5 amide bonds. The molecule has 0 bridgehead atoms. The van der Waals surface area contributed by atoms with E-state index in [2.05, 4.69) is 36.9 Å². The maximum absolute atomic E-state index is 13.1. The Bertz CT molecular complexity index is 1130. The predicted molar refractivity (Wildman–Crippen MR) is 125 cm³/mol. The summed E-state index contributed by atoms with van der Waals surface area (Å²) in [5, 5.41) is 2.82. The Morgan fingerprint density at radius 2 is 1.86 bits per heavy atom. The number of carbonyl (C=O) groups is 4. The van der Waals surface area contributed by atoms with Crippen molar-refractivity contribution in [3.05, 3.63) is 54.0 Å². The molecule has 4 rings (SSSR count). The molecule has 2 aliphatic rings. The lowest BCUT2D eigenvalue weighted by Crippen LogP contribution is -2.54. The van der Waals surface area contributed by atoms with Crippen molar-refractivity contribution in [2.75, 3.05) is 6.54 Å². The van der Waals surface area contributed by atoms with Crippen LogP contribution in [0.4, 0.5) is 4.79 Å². The lowest BCUT2D eigenvalue weighted by molar-refractivity contribution is -0.137. The number of hydrogen-bond acceptors (Lipinski definition) is 6. The van der Waals surface area contributed by atoms with Gasteiger partial charge in [-0.05, 0) is 54.9 Å². The van der Waals surface area contributed by atoms with Gasteiger partial charge in [0.25, 0.3) is 11.8 Å². The number of hydrazine groups is 1. The third kappa shape index (κ3) is 5.47. The van der Waals surface area contributed by atoms with Crippen LogP contribution in [0.2, 0.25) is 0 Å². The highest BCUT2D eigenvalue weighted by Crippen LogP contribution is 2.46. The van der Waals surface area contributed by atoms with E-state index in [-0.39, 0.29) is 23.7 Å². The zero-order valence-electron chi connectivity index (χ0n) is 20.1. The fourth-order valence-corrected chi connectivity index (χ4v) is 5.27. The Labute approximate surface area is 203 Å². The number of carbonyl (C=O) groups excluding carboxylic acids is 4. The van der Waals surface area contributed by atoms with Crippen LogP contribution in [0, 0.1) is 11.3 Å². The first-order valence-electron chi connectivity index (χ1n) is 11.6. The number of amides is 5. The number of nitrogens with one attached hydrogen (secondary N) is 3. The molecular weight excluding hydrogens is 452 g/mol. The average molecular weight is 483 g/mol. The van der Waals surface area contributed by atoms with Gasteiger partial charge in [-0.25, -0.2) is 4.79 Å². The van der Waals surface area contributed by atoms with E-state index in [4.69, 9.17) is 9.15 Å². The standard InChI is InChI=1S/C25H30N4O6/c1-16-11-24(2,3)15-25(12-16)22(32)29(23(33)26-25)13-20(30)27-28-21(31)19-10-9-18(35-19)14-34-17-7-5-4-6-8-17/h4-10,16H,11-15H2,1-3H3,(H,26,33)(H,27,30)(H,28,31). The summed E-state index contributed by atoms with van der Waals surface area (Å²) in [6.07, 6.45) is 2.00. The highest BCUT2D eigenvalue weighted by atomic mass is 16.5. The molecule has 1 aromatic carbocycles. The molecule has 1 saturated carbocycles. The highest BCUT2D eigenvalue weighted by molar-refractivity contribution is 6.09. The molecule has 1 aliphatic carbocycles. The van der Waals surface area contributed by atoms with E-state index >= 15 is 0 Å². The van der Waals surface area contributed by atoms with E-state index in [0.29, 0.717) is 24.4 Å². The van der Waals surface area contributed by atoms with E-state index < -0.39 is 35.8 Å². The smallest absolute Gasteiger partial charge is 0.325 e. The number of ether oxygens (including phenoxy) is 1. The van der Waals surface area contributed by atoms with E-state index in [9.17, 15) is 19.2 Å². The van der Waals surface area contributed by atoms with Gasteiger partial charge in [0.15, 0.2) is 5.76 Å². The van der Waals surface area contributed by atoms with E-state index in [1.807, 2.05) is 18.2 Å². The lowest BCUT2D eigenvalue weighted by atomic mass is 9.64. The topological polar surface area (TPSA) is 130 Å². The van der Waals surface area contributed by atoms with Gasteiger partial charge in [0, 0.05) is 0 Å². The molecule has 1 saturated heterocycles. The maximum Gasteiger partial charge on any atom is 0.325 e. The molecule has 10 nitrogen and oxygen atoms in total. The average Bonchev–Trinajstić information content (AvgIpc) is 3.34. The van der Waals surface area contributed by atoms with Gasteiger partial charge in [-0.1, -0.05) is 39.0 Å². The van der Waals surface area contributed by atoms with Crippen molar-refractivity contribution in [2.45, 2.75) is 52.2 Å². The Kier molecular flexibility index (Phi) is 6.56. The van der Waals surface area contributed by atoms with Crippen molar-refractivity contribution < 1.29 is 28.3 Å². The number of imide groups is 1. The number of urea groups is 1. The first-order valence-corrected chi connectivity index (χ1v) is 11.6. The van der Waals surface area contributed by atoms with Crippen LogP contribution in [0.15, 0.2) is 46.9 Å². The minimum atomic E-state index is -0.992. The molecule has 2 fully saturated rings. The van der Waals surface area contributed by atoms with E-state index in [0.717, 1.165) is 11.3 Å². The SMILES string of the molecule is CC1CC(C)(C)CC2(C1)NC(=O)N(CC(=O)NNC(=O)c1ccc(COc3ccccc3)o1)C2=O. The van der Waals surface area contributed by atoms with E-state index in [1.54, 1.807) is 18.2 Å². The zero-order chi connectivity index (χ0) is 25.2. The second-order valence-electron chi connectivity index (χ2n) is 10.1. The lowest BCUT2D eigenvalue weighted by Gasteiger charge is -2.43. The minimum Gasteiger partial charge on any atom is -0.486 e. The molecule has 1 aromatic heterocycles. The van der Waals surface area contributed by atoms with Crippen molar-refractivity contribution >= 4 is 23.8 Å². The van der Waals surface area contributed by atoms with Gasteiger partial charge in [0.05, 0.1) is 0 Å². The summed E-state index contributed by atoms with van der Waals surface area (Å²) in [6.45, 7) is 5.83. The summed E-state index contributed by atoms with van der Waals surface area (Å²) in [6, 6.07) is 11.6. The van der Waals surface area contributed by atoms with Gasteiger partial charge >= 0.3 is 11.9 Å². The first kappa shape index (κ1) is 24.3. The third-order valence-electron chi connectivity index (χ3n) is 6.25. The van der Waals surface area contributed by atoms with Crippen LogP contribution in [-0.2, 0) is 16.2 Å². The molecule has 10 heteroatoms. The van der Waals surface area contributed by atoms with Gasteiger partial charge in [-0.2, -0.15) is 0 Å². The van der Waals surface area contributed by atoms with Gasteiger partial charge in [0.1, 0.15) is 30.2 Å². The van der Waals surface area contributed by atoms with Crippen LogP contribution in [0.25, 0.3) is 0 Å². The van der Waals surface area contributed by atoms with Crippen LogP contribution in [0.3, 0.4) is 0 Å². The van der Waals surface area contributed by atoms with Crippen molar-refractivity contribution in [2.24, 2.45) is 11.3 Å². The molecule has 1 spiro atoms. The molecule has 1 aliphatic heterocycles. The third-order valence-corrected chi connectivity index (χ3v) is 6.25. The Balaban J connectivity index is 1.28. The van der Waals surface area contributed by atoms with Gasteiger partial charge in [0.2, 0.25) is 0 Å². The second-order valence-corrected chi connectivity index (χ2v) is 10.1.